The molecule has 0 aliphatic carbocycles. The standard InChI is InChI=1S/C16H21FN2O2/c1-2-21-15(20)16(11-19-8-6-12(16)7-9-19)18-14-5-3-4-13(17)10-14/h3-5,10,12,18H,2,6-9,11H2,1H3. The monoisotopic (exact) mass is 292 g/mol. The number of benzene rings is 1. The molecule has 0 aromatic heterocycles. The van der Waals surface area contributed by atoms with Gasteiger partial charge in [0.1, 0.15) is 5.82 Å². The lowest BCUT2D eigenvalue weighted by Gasteiger charge is -2.52. The van der Waals surface area contributed by atoms with E-state index in [1.54, 1.807) is 12.1 Å². The molecule has 1 atom stereocenters. The van der Waals surface area contributed by atoms with Gasteiger partial charge in [-0.15, -0.1) is 0 Å². The molecule has 3 aliphatic heterocycles. The van der Waals surface area contributed by atoms with Crippen molar-refractivity contribution in [2.24, 2.45) is 5.92 Å². The molecule has 0 radical (unpaired) electrons. The highest BCUT2D eigenvalue weighted by Crippen LogP contribution is 2.39. The molecule has 3 heterocycles. The largest absolute Gasteiger partial charge is 0.464 e. The minimum Gasteiger partial charge on any atom is -0.464 e. The van der Waals surface area contributed by atoms with Gasteiger partial charge in [-0.3, -0.25) is 0 Å². The van der Waals surface area contributed by atoms with Gasteiger partial charge in [-0.2, -0.15) is 0 Å². The number of esters is 1. The number of ether oxygens (including phenoxy) is 1. The van der Waals surface area contributed by atoms with Crippen molar-refractivity contribution in [2.75, 3.05) is 31.6 Å². The Morgan fingerprint density at radius 2 is 2.24 bits per heavy atom. The average molecular weight is 292 g/mol. The van der Waals surface area contributed by atoms with Crippen LogP contribution in [0.3, 0.4) is 0 Å². The van der Waals surface area contributed by atoms with Crippen LogP contribution >= 0.6 is 0 Å². The zero-order valence-electron chi connectivity index (χ0n) is 12.3. The fourth-order valence-electron chi connectivity index (χ4n) is 3.57. The number of carbonyl (C=O) groups is 1. The molecule has 21 heavy (non-hydrogen) atoms. The summed E-state index contributed by atoms with van der Waals surface area (Å²) in [5, 5.41) is 3.30. The molecule has 1 N–H and O–H groups in total. The van der Waals surface area contributed by atoms with Gasteiger partial charge in [-0.25, -0.2) is 9.18 Å². The summed E-state index contributed by atoms with van der Waals surface area (Å²) in [6, 6.07) is 6.27. The minimum absolute atomic E-state index is 0.219. The van der Waals surface area contributed by atoms with E-state index in [9.17, 15) is 9.18 Å². The van der Waals surface area contributed by atoms with Gasteiger partial charge in [0.05, 0.1) is 6.61 Å². The van der Waals surface area contributed by atoms with E-state index < -0.39 is 5.54 Å². The van der Waals surface area contributed by atoms with E-state index in [0.717, 1.165) is 25.9 Å². The topological polar surface area (TPSA) is 41.6 Å². The lowest BCUT2D eigenvalue weighted by Crippen LogP contribution is -2.67. The van der Waals surface area contributed by atoms with Crippen molar-refractivity contribution in [1.29, 1.82) is 0 Å². The zero-order valence-corrected chi connectivity index (χ0v) is 12.3. The third kappa shape index (κ3) is 2.62. The van der Waals surface area contributed by atoms with E-state index in [2.05, 4.69) is 10.2 Å². The maximum atomic E-state index is 13.4. The molecule has 4 rings (SSSR count). The minimum atomic E-state index is -0.750. The van der Waals surface area contributed by atoms with Crippen LogP contribution in [0, 0.1) is 11.7 Å². The lowest BCUT2D eigenvalue weighted by atomic mass is 9.72. The highest BCUT2D eigenvalue weighted by Gasteiger charge is 2.53. The van der Waals surface area contributed by atoms with Gasteiger partial charge >= 0.3 is 5.97 Å². The van der Waals surface area contributed by atoms with Gasteiger partial charge in [-0.1, -0.05) is 6.07 Å². The first-order chi connectivity index (χ1) is 10.1. The van der Waals surface area contributed by atoms with E-state index in [4.69, 9.17) is 4.74 Å². The summed E-state index contributed by atoms with van der Waals surface area (Å²) in [7, 11) is 0. The molecule has 0 spiro atoms. The first kappa shape index (κ1) is 14.3. The Kier molecular flexibility index (Phi) is 3.85. The number of nitrogens with one attached hydrogen (secondary N) is 1. The summed E-state index contributed by atoms with van der Waals surface area (Å²) in [5.74, 6) is -0.284. The molecule has 3 saturated heterocycles. The zero-order chi connectivity index (χ0) is 14.9. The van der Waals surface area contributed by atoms with Crippen molar-refractivity contribution >= 4 is 11.7 Å². The molecule has 5 heteroatoms. The molecule has 114 valence electrons. The predicted octanol–water partition coefficient (Wildman–Crippen LogP) is 2.27. The van der Waals surface area contributed by atoms with Crippen LogP contribution in [0.25, 0.3) is 0 Å². The summed E-state index contributed by atoms with van der Waals surface area (Å²) >= 11 is 0. The summed E-state index contributed by atoms with van der Waals surface area (Å²) < 4.78 is 18.7. The molecule has 4 nitrogen and oxygen atoms in total. The third-order valence-corrected chi connectivity index (χ3v) is 4.59. The molecule has 1 aromatic rings. The average Bonchev–Trinajstić information content (AvgIpc) is 2.48. The molecular weight excluding hydrogens is 271 g/mol. The quantitative estimate of drug-likeness (QED) is 0.864. The van der Waals surface area contributed by atoms with Crippen molar-refractivity contribution in [3.05, 3.63) is 30.1 Å². The van der Waals surface area contributed by atoms with Gasteiger partial charge in [0, 0.05) is 12.2 Å². The Morgan fingerprint density at radius 3 is 2.81 bits per heavy atom. The Hall–Kier alpha value is -1.62. The second-order valence-electron chi connectivity index (χ2n) is 5.88. The normalized spacial score (nSPS) is 31.0. The van der Waals surface area contributed by atoms with Gasteiger partial charge in [-0.05, 0) is 57.0 Å². The summed E-state index contributed by atoms with van der Waals surface area (Å²) in [5.41, 5.74) is -0.114. The van der Waals surface area contributed by atoms with Crippen molar-refractivity contribution in [2.45, 2.75) is 25.3 Å². The van der Waals surface area contributed by atoms with E-state index in [1.165, 1.54) is 12.1 Å². The lowest BCUT2D eigenvalue weighted by molar-refractivity contribution is -0.155. The Morgan fingerprint density at radius 1 is 1.48 bits per heavy atom. The van der Waals surface area contributed by atoms with Crippen LogP contribution in [-0.2, 0) is 9.53 Å². The predicted molar refractivity (Wildman–Crippen MR) is 78.6 cm³/mol. The fourth-order valence-corrected chi connectivity index (χ4v) is 3.57. The number of nitrogens with zero attached hydrogens (tertiary/aromatic N) is 1. The fraction of sp³-hybridized carbons (Fsp3) is 0.562. The number of anilines is 1. The van der Waals surface area contributed by atoms with Crippen LogP contribution in [0.2, 0.25) is 0 Å². The maximum Gasteiger partial charge on any atom is 0.333 e. The SMILES string of the molecule is CCOC(=O)C1(Nc2cccc(F)c2)CN2CCC1CC2. The summed E-state index contributed by atoms with van der Waals surface area (Å²) in [4.78, 5) is 14.9. The van der Waals surface area contributed by atoms with E-state index in [0.29, 0.717) is 18.8 Å². The van der Waals surface area contributed by atoms with Crippen LogP contribution in [0.5, 0.6) is 0 Å². The van der Waals surface area contributed by atoms with Crippen LogP contribution < -0.4 is 5.32 Å². The number of halogens is 1. The van der Waals surface area contributed by atoms with Gasteiger partial charge in [0.25, 0.3) is 0 Å². The molecule has 3 aliphatic rings. The highest BCUT2D eigenvalue weighted by atomic mass is 19.1. The van der Waals surface area contributed by atoms with E-state index >= 15 is 0 Å². The summed E-state index contributed by atoms with van der Waals surface area (Å²) in [6.45, 7) is 4.85. The molecule has 1 aromatic carbocycles. The number of hydrogen-bond acceptors (Lipinski definition) is 4. The van der Waals surface area contributed by atoms with Gasteiger partial charge in [0.15, 0.2) is 5.54 Å². The maximum absolute atomic E-state index is 13.4. The number of rotatable bonds is 4. The smallest absolute Gasteiger partial charge is 0.333 e. The number of hydrogen-bond donors (Lipinski definition) is 1. The Bertz CT molecular complexity index is 529. The van der Waals surface area contributed by atoms with E-state index in [1.807, 2.05) is 6.92 Å². The van der Waals surface area contributed by atoms with Crippen molar-refractivity contribution in [3.8, 4) is 0 Å². The number of piperidine rings is 3. The Labute approximate surface area is 124 Å². The first-order valence-electron chi connectivity index (χ1n) is 7.57. The van der Waals surface area contributed by atoms with Crippen molar-refractivity contribution in [1.82, 2.24) is 4.90 Å². The van der Waals surface area contributed by atoms with Crippen LogP contribution in [0.4, 0.5) is 10.1 Å². The molecular formula is C16H21FN2O2. The van der Waals surface area contributed by atoms with Crippen LogP contribution in [0.1, 0.15) is 19.8 Å². The van der Waals surface area contributed by atoms with Gasteiger partial charge < -0.3 is 15.0 Å². The molecule has 1 unspecified atom stereocenters. The van der Waals surface area contributed by atoms with Crippen molar-refractivity contribution < 1.29 is 13.9 Å². The second kappa shape index (κ2) is 5.64. The first-order valence-corrected chi connectivity index (χ1v) is 7.57. The van der Waals surface area contributed by atoms with Crippen LogP contribution in [0.15, 0.2) is 24.3 Å². The molecule has 2 bridgehead atoms. The van der Waals surface area contributed by atoms with Crippen LogP contribution in [-0.4, -0.2) is 42.6 Å². The highest BCUT2D eigenvalue weighted by molar-refractivity contribution is 5.86. The second-order valence-corrected chi connectivity index (χ2v) is 5.88. The molecule has 3 fully saturated rings. The summed E-state index contributed by atoms with van der Waals surface area (Å²) in [6.07, 6.45) is 1.95. The van der Waals surface area contributed by atoms with Gasteiger partial charge in [0.2, 0.25) is 0 Å². The number of carbonyl (C=O) groups excluding carboxylic acids is 1. The Balaban J connectivity index is 1.91. The third-order valence-electron chi connectivity index (χ3n) is 4.59. The molecule has 0 amide bonds. The number of fused-ring (bicyclic) bond motifs is 3. The molecule has 0 saturated carbocycles. The van der Waals surface area contributed by atoms with Crippen molar-refractivity contribution in [3.63, 3.8) is 0 Å². The van der Waals surface area contributed by atoms with E-state index in [-0.39, 0.29) is 17.7 Å².